The lowest BCUT2D eigenvalue weighted by Crippen LogP contribution is -2.32. The van der Waals surface area contributed by atoms with Crippen molar-refractivity contribution < 1.29 is 9.53 Å². The van der Waals surface area contributed by atoms with E-state index in [1.807, 2.05) is 30.3 Å². The normalized spacial score (nSPS) is 15.0. The van der Waals surface area contributed by atoms with Gasteiger partial charge in [-0.15, -0.1) is 0 Å². The molecular formula is C26H33N3O2. The molecule has 0 saturated heterocycles. The van der Waals surface area contributed by atoms with E-state index >= 15 is 0 Å². The number of carbonyl (C=O) groups is 1. The highest BCUT2D eigenvalue weighted by Gasteiger charge is 2.20. The Morgan fingerprint density at radius 3 is 2.58 bits per heavy atom. The molecule has 4 rings (SSSR count). The molecule has 2 aromatic carbocycles. The molecule has 5 heteroatoms. The van der Waals surface area contributed by atoms with Crippen molar-refractivity contribution in [2.45, 2.75) is 58.4 Å². The molecule has 5 nitrogen and oxygen atoms in total. The smallest absolute Gasteiger partial charge is 0.223 e. The van der Waals surface area contributed by atoms with Crippen LogP contribution in [0.1, 0.15) is 49.9 Å². The summed E-state index contributed by atoms with van der Waals surface area (Å²) in [5.41, 5.74) is 3.32. The van der Waals surface area contributed by atoms with Gasteiger partial charge in [0.15, 0.2) is 0 Å². The minimum absolute atomic E-state index is 0.184. The molecule has 0 radical (unpaired) electrons. The number of nitrogens with zero attached hydrogens (tertiary/aromatic N) is 2. The number of aromatic nitrogens is 2. The summed E-state index contributed by atoms with van der Waals surface area (Å²) >= 11 is 0. The van der Waals surface area contributed by atoms with Crippen molar-refractivity contribution in [1.82, 2.24) is 14.9 Å². The predicted octanol–water partition coefficient (Wildman–Crippen LogP) is 5.05. The summed E-state index contributed by atoms with van der Waals surface area (Å²) in [6.07, 6.45) is 7.65. The van der Waals surface area contributed by atoms with Gasteiger partial charge in [0.1, 0.15) is 18.2 Å². The SMILES string of the molecule is Cc1ccc(OCCn2c(CCNC(=O)C3CCCCCC3)nc3ccccc32)cc1. The fourth-order valence-electron chi connectivity index (χ4n) is 4.44. The molecular weight excluding hydrogens is 386 g/mol. The number of hydrogen-bond acceptors (Lipinski definition) is 3. The molecule has 0 aliphatic heterocycles. The van der Waals surface area contributed by atoms with Crippen LogP contribution in [0.25, 0.3) is 11.0 Å². The molecule has 0 unspecified atom stereocenters. The fraction of sp³-hybridized carbons (Fsp3) is 0.462. The summed E-state index contributed by atoms with van der Waals surface area (Å²) in [5.74, 6) is 2.28. The van der Waals surface area contributed by atoms with E-state index in [1.165, 1.54) is 31.2 Å². The van der Waals surface area contributed by atoms with Crippen molar-refractivity contribution in [3.63, 3.8) is 0 Å². The molecule has 0 spiro atoms. The quantitative estimate of drug-likeness (QED) is 0.520. The predicted molar refractivity (Wildman–Crippen MR) is 124 cm³/mol. The minimum atomic E-state index is 0.184. The lowest BCUT2D eigenvalue weighted by molar-refractivity contribution is -0.125. The summed E-state index contributed by atoms with van der Waals surface area (Å²) < 4.78 is 8.18. The molecule has 1 aromatic heterocycles. The zero-order chi connectivity index (χ0) is 21.5. The number of fused-ring (bicyclic) bond motifs is 1. The highest BCUT2D eigenvalue weighted by atomic mass is 16.5. The topological polar surface area (TPSA) is 56.1 Å². The second-order valence-electron chi connectivity index (χ2n) is 8.56. The molecule has 164 valence electrons. The molecule has 1 amide bonds. The third kappa shape index (κ3) is 5.66. The third-order valence-electron chi connectivity index (χ3n) is 6.21. The first kappa shape index (κ1) is 21.4. The van der Waals surface area contributed by atoms with Crippen molar-refractivity contribution in [1.29, 1.82) is 0 Å². The van der Waals surface area contributed by atoms with E-state index in [1.54, 1.807) is 0 Å². The average molecular weight is 420 g/mol. The standard InChI is InChI=1S/C26H33N3O2/c1-20-12-14-22(15-13-20)31-19-18-29-24-11-7-6-10-23(24)28-25(29)16-17-27-26(30)21-8-4-2-3-5-9-21/h6-7,10-15,21H,2-5,8-9,16-19H2,1H3,(H,27,30). The number of ether oxygens (including phenoxy) is 1. The second kappa shape index (κ2) is 10.5. The molecule has 3 aromatic rings. The molecule has 1 aliphatic carbocycles. The fourth-order valence-corrected chi connectivity index (χ4v) is 4.44. The van der Waals surface area contributed by atoms with Crippen LogP contribution in [0.4, 0.5) is 0 Å². The Kier molecular flexibility index (Phi) is 7.23. The lowest BCUT2D eigenvalue weighted by Gasteiger charge is -2.15. The number of hydrogen-bond donors (Lipinski definition) is 1. The van der Waals surface area contributed by atoms with Gasteiger partial charge in [0, 0.05) is 18.9 Å². The molecule has 1 N–H and O–H groups in total. The van der Waals surface area contributed by atoms with E-state index < -0.39 is 0 Å². The van der Waals surface area contributed by atoms with E-state index in [4.69, 9.17) is 9.72 Å². The van der Waals surface area contributed by atoms with Crippen LogP contribution in [0.3, 0.4) is 0 Å². The Hall–Kier alpha value is -2.82. The maximum atomic E-state index is 12.6. The maximum Gasteiger partial charge on any atom is 0.223 e. The van der Waals surface area contributed by atoms with Crippen LogP contribution in [0.5, 0.6) is 5.75 Å². The van der Waals surface area contributed by atoms with E-state index in [0.717, 1.165) is 48.4 Å². The minimum Gasteiger partial charge on any atom is -0.492 e. The van der Waals surface area contributed by atoms with E-state index in [9.17, 15) is 4.79 Å². The summed E-state index contributed by atoms with van der Waals surface area (Å²) in [6, 6.07) is 16.3. The van der Waals surface area contributed by atoms with Crippen molar-refractivity contribution >= 4 is 16.9 Å². The number of nitrogens with one attached hydrogen (secondary N) is 1. The molecule has 1 saturated carbocycles. The van der Waals surface area contributed by atoms with Gasteiger partial charge >= 0.3 is 0 Å². The van der Waals surface area contributed by atoms with Gasteiger partial charge in [0.2, 0.25) is 5.91 Å². The first-order valence-corrected chi connectivity index (χ1v) is 11.6. The first-order valence-electron chi connectivity index (χ1n) is 11.6. The molecule has 1 fully saturated rings. The van der Waals surface area contributed by atoms with Crippen molar-refractivity contribution in [2.24, 2.45) is 5.92 Å². The number of imidazole rings is 1. The van der Waals surface area contributed by atoms with E-state index in [0.29, 0.717) is 13.2 Å². The largest absolute Gasteiger partial charge is 0.492 e. The maximum absolute atomic E-state index is 12.6. The van der Waals surface area contributed by atoms with Crippen molar-refractivity contribution in [3.8, 4) is 5.75 Å². The van der Waals surface area contributed by atoms with Gasteiger partial charge in [0.05, 0.1) is 17.6 Å². The van der Waals surface area contributed by atoms with Crippen LogP contribution in [-0.2, 0) is 17.8 Å². The molecule has 1 aliphatic rings. The van der Waals surface area contributed by atoms with E-state index in [-0.39, 0.29) is 11.8 Å². The van der Waals surface area contributed by atoms with Crippen molar-refractivity contribution in [3.05, 3.63) is 59.9 Å². The van der Waals surface area contributed by atoms with Gasteiger partial charge in [-0.25, -0.2) is 4.98 Å². The van der Waals surface area contributed by atoms with Gasteiger partial charge < -0.3 is 14.6 Å². The summed E-state index contributed by atoms with van der Waals surface area (Å²) in [4.78, 5) is 17.4. The number of aryl methyl sites for hydroxylation is 1. The summed E-state index contributed by atoms with van der Waals surface area (Å²) in [6.45, 7) is 3.99. The number of amides is 1. The second-order valence-corrected chi connectivity index (χ2v) is 8.56. The Bertz CT molecular complexity index is 986. The number of rotatable bonds is 8. The van der Waals surface area contributed by atoms with Gasteiger partial charge in [-0.2, -0.15) is 0 Å². The van der Waals surface area contributed by atoms with Gasteiger partial charge in [-0.05, 0) is 44.0 Å². The molecule has 0 atom stereocenters. The van der Waals surface area contributed by atoms with Gasteiger partial charge in [-0.3, -0.25) is 4.79 Å². The Morgan fingerprint density at radius 1 is 1.06 bits per heavy atom. The third-order valence-corrected chi connectivity index (χ3v) is 6.21. The summed E-state index contributed by atoms with van der Waals surface area (Å²) in [7, 11) is 0. The monoisotopic (exact) mass is 419 g/mol. The van der Waals surface area contributed by atoms with Crippen LogP contribution < -0.4 is 10.1 Å². The average Bonchev–Trinajstić information content (AvgIpc) is 2.94. The van der Waals surface area contributed by atoms with Crippen molar-refractivity contribution in [2.75, 3.05) is 13.2 Å². The number of para-hydroxylation sites is 2. The Morgan fingerprint density at radius 2 is 1.81 bits per heavy atom. The first-order chi connectivity index (χ1) is 15.2. The van der Waals surface area contributed by atoms with Crippen LogP contribution in [-0.4, -0.2) is 28.6 Å². The van der Waals surface area contributed by atoms with Crippen LogP contribution >= 0.6 is 0 Å². The van der Waals surface area contributed by atoms with Gasteiger partial charge in [0.25, 0.3) is 0 Å². The van der Waals surface area contributed by atoms with E-state index in [2.05, 4.69) is 35.0 Å². The zero-order valence-corrected chi connectivity index (χ0v) is 18.5. The zero-order valence-electron chi connectivity index (χ0n) is 18.5. The van der Waals surface area contributed by atoms with Crippen LogP contribution in [0, 0.1) is 12.8 Å². The number of benzene rings is 2. The highest BCUT2D eigenvalue weighted by Crippen LogP contribution is 2.23. The Balaban J connectivity index is 1.37. The van der Waals surface area contributed by atoms with Crippen LogP contribution in [0.2, 0.25) is 0 Å². The molecule has 0 bridgehead atoms. The molecule has 31 heavy (non-hydrogen) atoms. The number of carbonyl (C=O) groups excluding carboxylic acids is 1. The van der Waals surface area contributed by atoms with Crippen LogP contribution in [0.15, 0.2) is 48.5 Å². The van der Waals surface area contributed by atoms with Gasteiger partial charge in [-0.1, -0.05) is 55.5 Å². The summed E-state index contributed by atoms with van der Waals surface area (Å²) in [5, 5.41) is 3.16. The molecule has 1 heterocycles. The highest BCUT2D eigenvalue weighted by molar-refractivity contribution is 5.78. The lowest BCUT2D eigenvalue weighted by atomic mass is 9.99. The Labute approximate surface area is 184 Å².